The second kappa shape index (κ2) is 4.69. The van der Waals surface area contributed by atoms with E-state index in [-0.39, 0.29) is 46.8 Å². The molecule has 0 radical (unpaired) electrons. The molecule has 0 unspecified atom stereocenters. The SMILES string of the molecule is O=[N+]([O-])c1ccc(O)c2c1Cc1c([N+](=O)[O-])ccc(O)c1C2. The predicted molar refractivity (Wildman–Crippen MR) is 75.1 cm³/mol. The summed E-state index contributed by atoms with van der Waals surface area (Å²) in [7, 11) is 0. The zero-order valence-electron chi connectivity index (χ0n) is 11.1. The van der Waals surface area contributed by atoms with E-state index in [0.29, 0.717) is 11.1 Å². The smallest absolute Gasteiger partial charge is 0.273 e. The first-order valence-electron chi connectivity index (χ1n) is 6.36. The van der Waals surface area contributed by atoms with Crippen LogP contribution in [0.2, 0.25) is 0 Å². The molecule has 1 aliphatic carbocycles. The highest BCUT2D eigenvalue weighted by Crippen LogP contribution is 2.43. The molecule has 2 N–H and O–H groups in total. The first-order chi connectivity index (χ1) is 10.4. The van der Waals surface area contributed by atoms with E-state index < -0.39 is 9.85 Å². The van der Waals surface area contributed by atoms with Gasteiger partial charge in [-0.2, -0.15) is 0 Å². The second-order valence-corrected chi connectivity index (χ2v) is 4.99. The Balaban J connectivity index is 2.26. The molecule has 3 rings (SSSR count). The predicted octanol–water partition coefficient (Wildman–Crippen LogP) is 2.41. The molecule has 0 fully saturated rings. The van der Waals surface area contributed by atoms with Crippen LogP contribution in [0.3, 0.4) is 0 Å². The molecule has 0 amide bonds. The van der Waals surface area contributed by atoms with Gasteiger partial charge < -0.3 is 10.2 Å². The normalized spacial score (nSPS) is 12.4. The van der Waals surface area contributed by atoms with Crippen molar-refractivity contribution in [1.82, 2.24) is 0 Å². The summed E-state index contributed by atoms with van der Waals surface area (Å²) in [5.41, 5.74) is 0.722. The van der Waals surface area contributed by atoms with Crippen LogP contribution in [0.5, 0.6) is 11.5 Å². The summed E-state index contributed by atoms with van der Waals surface area (Å²) in [6.07, 6.45) is -0.0776. The molecule has 22 heavy (non-hydrogen) atoms. The van der Waals surface area contributed by atoms with Gasteiger partial charge in [0.2, 0.25) is 0 Å². The Hall–Kier alpha value is -3.16. The molecule has 0 aromatic heterocycles. The Bertz CT molecular complexity index is 763. The minimum atomic E-state index is -0.585. The van der Waals surface area contributed by atoms with Crippen molar-refractivity contribution in [2.75, 3.05) is 0 Å². The third-order valence-corrected chi connectivity index (χ3v) is 3.86. The molecular formula is C14H10N2O6. The third kappa shape index (κ3) is 1.93. The van der Waals surface area contributed by atoms with Gasteiger partial charge >= 0.3 is 0 Å². The summed E-state index contributed by atoms with van der Waals surface area (Å²) in [6, 6.07) is 4.79. The highest BCUT2D eigenvalue weighted by Gasteiger charge is 2.32. The summed E-state index contributed by atoms with van der Waals surface area (Å²) in [5.74, 6) is -0.255. The number of benzene rings is 2. The van der Waals surface area contributed by atoms with Crippen LogP contribution < -0.4 is 0 Å². The van der Waals surface area contributed by atoms with Crippen LogP contribution in [0.1, 0.15) is 22.3 Å². The van der Waals surface area contributed by atoms with Crippen LogP contribution in [0.15, 0.2) is 24.3 Å². The van der Waals surface area contributed by atoms with Crippen molar-refractivity contribution in [3.05, 3.63) is 66.7 Å². The van der Waals surface area contributed by atoms with E-state index in [1.807, 2.05) is 0 Å². The number of nitro groups is 2. The van der Waals surface area contributed by atoms with Crippen LogP contribution >= 0.6 is 0 Å². The van der Waals surface area contributed by atoms with Gasteiger partial charge in [-0.05, 0) is 12.1 Å². The van der Waals surface area contributed by atoms with Crippen LogP contribution in [-0.2, 0) is 12.8 Å². The molecule has 2 aromatic rings. The van der Waals surface area contributed by atoms with E-state index in [0.717, 1.165) is 0 Å². The molecule has 0 bridgehead atoms. The van der Waals surface area contributed by atoms with Crippen molar-refractivity contribution in [3.8, 4) is 11.5 Å². The lowest BCUT2D eigenvalue weighted by atomic mass is 9.83. The van der Waals surface area contributed by atoms with Gasteiger partial charge in [-0.15, -0.1) is 0 Å². The minimum Gasteiger partial charge on any atom is -0.508 e. The molecule has 0 saturated carbocycles. The lowest BCUT2D eigenvalue weighted by Gasteiger charge is -2.21. The van der Waals surface area contributed by atoms with Crippen LogP contribution in [-0.4, -0.2) is 20.1 Å². The van der Waals surface area contributed by atoms with Gasteiger partial charge in [0.05, 0.1) is 9.85 Å². The van der Waals surface area contributed by atoms with Gasteiger partial charge in [0.25, 0.3) is 11.4 Å². The Morgan fingerprint density at radius 2 is 1.09 bits per heavy atom. The maximum atomic E-state index is 11.1. The average Bonchev–Trinajstić information content (AvgIpc) is 2.46. The monoisotopic (exact) mass is 302 g/mol. The second-order valence-electron chi connectivity index (χ2n) is 4.99. The topological polar surface area (TPSA) is 127 Å². The molecule has 0 saturated heterocycles. The van der Waals surface area contributed by atoms with E-state index in [1.54, 1.807) is 0 Å². The number of rotatable bonds is 2. The van der Waals surface area contributed by atoms with E-state index in [2.05, 4.69) is 0 Å². The maximum absolute atomic E-state index is 11.1. The molecule has 0 aliphatic heterocycles. The van der Waals surface area contributed by atoms with Crippen molar-refractivity contribution >= 4 is 11.4 Å². The number of phenolic OH excluding ortho intramolecular Hbond substituents is 2. The van der Waals surface area contributed by atoms with Gasteiger partial charge in [-0.25, -0.2) is 0 Å². The summed E-state index contributed by atoms with van der Waals surface area (Å²) in [4.78, 5) is 21.1. The van der Waals surface area contributed by atoms with E-state index >= 15 is 0 Å². The first kappa shape index (κ1) is 13.8. The summed E-state index contributed by atoms with van der Waals surface area (Å²) >= 11 is 0. The van der Waals surface area contributed by atoms with E-state index in [1.165, 1.54) is 24.3 Å². The Morgan fingerprint density at radius 3 is 1.45 bits per heavy atom. The summed E-state index contributed by atoms with van der Waals surface area (Å²) in [5, 5.41) is 42.1. The largest absolute Gasteiger partial charge is 0.508 e. The van der Waals surface area contributed by atoms with Crippen molar-refractivity contribution in [3.63, 3.8) is 0 Å². The van der Waals surface area contributed by atoms with Crippen molar-refractivity contribution < 1.29 is 20.1 Å². The average molecular weight is 302 g/mol. The lowest BCUT2D eigenvalue weighted by molar-refractivity contribution is -0.386. The minimum absolute atomic E-state index is 0.00565. The van der Waals surface area contributed by atoms with Gasteiger partial charge in [0.1, 0.15) is 11.5 Å². The van der Waals surface area contributed by atoms with Crippen molar-refractivity contribution in [2.24, 2.45) is 0 Å². The Kier molecular flexibility index (Phi) is 2.94. The molecule has 1 aliphatic rings. The first-order valence-corrected chi connectivity index (χ1v) is 6.36. The van der Waals surface area contributed by atoms with Gasteiger partial charge in [-0.3, -0.25) is 20.2 Å². The van der Waals surface area contributed by atoms with Gasteiger partial charge in [0, 0.05) is 47.2 Å². The number of hydrogen-bond donors (Lipinski definition) is 2. The Labute approximate surface area is 123 Å². The molecule has 0 heterocycles. The molecule has 2 aromatic carbocycles. The molecular weight excluding hydrogens is 292 g/mol. The van der Waals surface area contributed by atoms with Crippen molar-refractivity contribution in [1.29, 1.82) is 0 Å². The zero-order valence-corrected chi connectivity index (χ0v) is 11.1. The fraction of sp³-hybridized carbons (Fsp3) is 0.143. The lowest BCUT2D eigenvalue weighted by Crippen LogP contribution is -2.12. The van der Waals surface area contributed by atoms with E-state index in [9.17, 15) is 30.4 Å². The van der Waals surface area contributed by atoms with Gasteiger partial charge in [-0.1, -0.05) is 0 Å². The standard InChI is InChI=1S/C14H10N2O6/c17-13-3-1-11(15(19)20)7-5-8-10(6-9(7)13)14(18)4-2-12(8)16(21)22/h1-4,17-18H,5-6H2. The number of hydrogen-bond acceptors (Lipinski definition) is 6. The number of nitrogens with zero attached hydrogens (tertiary/aromatic N) is 2. The fourth-order valence-corrected chi connectivity index (χ4v) is 2.82. The van der Waals surface area contributed by atoms with E-state index in [4.69, 9.17) is 0 Å². The number of fused-ring (bicyclic) bond motifs is 2. The molecule has 112 valence electrons. The van der Waals surface area contributed by atoms with Crippen LogP contribution in [0.4, 0.5) is 11.4 Å². The van der Waals surface area contributed by atoms with Crippen molar-refractivity contribution in [2.45, 2.75) is 12.8 Å². The number of nitro benzene ring substituents is 2. The molecule has 0 atom stereocenters. The fourth-order valence-electron chi connectivity index (χ4n) is 2.82. The number of phenols is 2. The molecule has 0 spiro atoms. The molecule has 8 nitrogen and oxygen atoms in total. The van der Waals surface area contributed by atoms with Crippen LogP contribution in [0.25, 0.3) is 0 Å². The van der Waals surface area contributed by atoms with Gasteiger partial charge in [0.15, 0.2) is 0 Å². The maximum Gasteiger partial charge on any atom is 0.273 e. The Morgan fingerprint density at radius 1 is 0.727 bits per heavy atom. The third-order valence-electron chi connectivity index (χ3n) is 3.86. The summed E-state index contributed by atoms with van der Waals surface area (Å²) in [6.45, 7) is 0. The highest BCUT2D eigenvalue weighted by atomic mass is 16.6. The molecule has 8 heteroatoms. The number of aromatic hydroxyl groups is 2. The quantitative estimate of drug-likeness (QED) is 0.552. The summed E-state index contributed by atoms with van der Waals surface area (Å²) < 4.78 is 0. The zero-order chi connectivity index (χ0) is 16.0. The van der Waals surface area contributed by atoms with Crippen LogP contribution in [0, 0.1) is 20.2 Å². The highest BCUT2D eigenvalue weighted by molar-refractivity contribution is 5.64.